The van der Waals surface area contributed by atoms with Gasteiger partial charge >= 0.3 is 0 Å². The van der Waals surface area contributed by atoms with Crippen LogP contribution in [0.15, 0.2) is 34.1 Å². The monoisotopic (exact) mass is 295 g/mol. The summed E-state index contributed by atoms with van der Waals surface area (Å²) in [6, 6.07) is 10.4. The minimum absolute atomic E-state index is 0.0243. The number of hydrogen-bond donors (Lipinski definition) is 1. The Morgan fingerprint density at radius 2 is 1.88 bits per heavy atom. The maximum absolute atomic E-state index is 6.32. The SMILES string of the molecule is Cc1ccccc1C(N)c1cc(Br)sc1C. The maximum atomic E-state index is 6.32. The van der Waals surface area contributed by atoms with Crippen molar-refractivity contribution in [2.24, 2.45) is 5.73 Å². The van der Waals surface area contributed by atoms with Gasteiger partial charge in [0.1, 0.15) is 0 Å². The van der Waals surface area contributed by atoms with Crippen LogP contribution < -0.4 is 5.73 Å². The van der Waals surface area contributed by atoms with Crippen molar-refractivity contribution in [2.75, 3.05) is 0 Å². The summed E-state index contributed by atoms with van der Waals surface area (Å²) in [5.74, 6) is 0. The van der Waals surface area contributed by atoms with Crippen LogP contribution in [0.2, 0.25) is 0 Å². The van der Waals surface area contributed by atoms with E-state index in [0.717, 1.165) is 3.79 Å². The van der Waals surface area contributed by atoms with Crippen LogP contribution >= 0.6 is 27.3 Å². The Hall–Kier alpha value is -0.640. The molecule has 3 heteroatoms. The molecule has 16 heavy (non-hydrogen) atoms. The normalized spacial score (nSPS) is 12.8. The minimum Gasteiger partial charge on any atom is -0.320 e. The molecule has 1 aromatic heterocycles. The Kier molecular flexibility index (Phi) is 3.47. The van der Waals surface area contributed by atoms with E-state index in [1.165, 1.54) is 21.6 Å². The van der Waals surface area contributed by atoms with Gasteiger partial charge in [-0.1, -0.05) is 24.3 Å². The molecule has 2 aromatic rings. The second-order valence-corrected chi connectivity index (χ2v) is 6.53. The first-order valence-corrected chi connectivity index (χ1v) is 6.77. The van der Waals surface area contributed by atoms with Crippen LogP contribution in [0.25, 0.3) is 0 Å². The summed E-state index contributed by atoms with van der Waals surface area (Å²) in [6.07, 6.45) is 0. The smallest absolute Gasteiger partial charge is 0.0704 e. The van der Waals surface area contributed by atoms with Crippen LogP contribution in [0.5, 0.6) is 0 Å². The van der Waals surface area contributed by atoms with E-state index in [2.05, 4.69) is 48.0 Å². The summed E-state index contributed by atoms with van der Waals surface area (Å²) < 4.78 is 1.14. The molecular weight excluding hydrogens is 282 g/mol. The van der Waals surface area contributed by atoms with E-state index in [0.29, 0.717) is 0 Å². The number of nitrogens with two attached hydrogens (primary N) is 1. The number of rotatable bonds is 2. The van der Waals surface area contributed by atoms with Gasteiger partial charge in [0.25, 0.3) is 0 Å². The predicted molar refractivity (Wildman–Crippen MR) is 74.0 cm³/mol. The molecular formula is C13H14BrNS. The number of hydrogen-bond acceptors (Lipinski definition) is 2. The van der Waals surface area contributed by atoms with Crippen LogP contribution in [0.1, 0.15) is 27.6 Å². The summed E-state index contributed by atoms with van der Waals surface area (Å²) in [5.41, 5.74) is 9.98. The van der Waals surface area contributed by atoms with Gasteiger partial charge < -0.3 is 5.73 Å². The fourth-order valence-electron chi connectivity index (χ4n) is 1.87. The highest BCUT2D eigenvalue weighted by atomic mass is 79.9. The first-order valence-electron chi connectivity index (χ1n) is 5.16. The molecule has 1 atom stereocenters. The molecule has 84 valence electrons. The highest BCUT2D eigenvalue weighted by Crippen LogP contribution is 2.33. The highest BCUT2D eigenvalue weighted by molar-refractivity contribution is 9.11. The van der Waals surface area contributed by atoms with Crippen molar-refractivity contribution < 1.29 is 0 Å². The first-order chi connectivity index (χ1) is 7.59. The van der Waals surface area contributed by atoms with Gasteiger partial charge in [0, 0.05) is 4.88 Å². The number of thiophene rings is 1. The molecule has 0 saturated heterocycles. The van der Waals surface area contributed by atoms with E-state index < -0.39 is 0 Å². The fraction of sp³-hybridized carbons (Fsp3) is 0.231. The Bertz CT molecular complexity index is 504. The maximum Gasteiger partial charge on any atom is 0.0704 e. The average Bonchev–Trinajstić information content (AvgIpc) is 2.58. The van der Waals surface area contributed by atoms with Crippen molar-refractivity contribution in [3.63, 3.8) is 0 Å². The molecule has 0 bridgehead atoms. The lowest BCUT2D eigenvalue weighted by atomic mass is 9.96. The molecule has 0 aliphatic carbocycles. The predicted octanol–water partition coefficient (Wildman–Crippen LogP) is 4.18. The van der Waals surface area contributed by atoms with Crippen molar-refractivity contribution >= 4 is 27.3 Å². The summed E-state index contributed by atoms with van der Waals surface area (Å²) in [6.45, 7) is 4.22. The van der Waals surface area contributed by atoms with E-state index in [4.69, 9.17) is 5.73 Å². The van der Waals surface area contributed by atoms with Gasteiger partial charge in [-0.2, -0.15) is 0 Å². The molecule has 0 radical (unpaired) electrons. The van der Waals surface area contributed by atoms with Crippen LogP contribution in [0, 0.1) is 13.8 Å². The zero-order valence-corrected chi connectivity index (χ0v) is 11.7. The highest BCUT2D eigenvalue weighted by Gasteiger charge is 2.15. The second kappa shape index (κ2) is 4.70. The lowest BCUT2D eigenvalue weighted by Crippen LogP contribution is -2.13. The molecule has 0 aliphatic heterocycles. The van der Waals surface area contributed by atoms with Crippen LogP contribution in [-0.4, -0.2) is 0 Å². The van der Waals surface area contributed by atoms with Crippen molar-refractivity contribution in [3.8, 4) is 0 Å². The van der Waals surface area contributed by atoms with Crippen LogP contribution in [-0.2, 0) is 0 Å². The molecule has 0 fully saturated rings. The Morgan fingerprint density at radius 3 is 2.44 bits per heavy atom. The van der Waals surface area contributed by atoms with Crippen LogP contribution in [0.4, 0.5) is 0 Å². The fourth-order valence-corrected chi connectivity index (χ4v) is 3.63. The van der Waals surface area contributed by atoms with E-state index in [1.807, 2.05) is 12.1 Å². The summed E-state index contributed by atoms with van der Waals surface area (Å²) >= 11 is 5.24. The largest absolute Gasteiger partial charge is 0.320 e. The molecule has 2 rings (SSSR count). The molecule has 1 nitrogen and oxygen atoms in total. The van der Waals surface area contributed by atoms with Gasteiger partial charge in [-0.05, 0) is 52.5 Å². The van der Waals surface area contributed by atoms with E-state index in [1.54, 1.807) is 11.3 Å². The lowest BCUT2D eigenvalue weighted by molar-refractivity contribution is 0.859. The molecule has 0 saturated carbocycles. The van der Waals surface area contributed by atoms with Crippen LogP contribution in [0.3, 0.4) is 0 Å². The van der Waals surface area contributed by atoms with E-state index in [-0.39, 0.29) is 6.04 Å². The second-order valence-electron chi connectivity index (χ2n) is 3.90. The van der Waals surface area contributed by atoms with Gasteiger partial charge in [0.2, 0.25) is 0 Å². The van der Waals surface area contributed by atoms with E-state index >= 15 is 0 Å². The average molecular weight is 296 g/mol. The third-order valence-electron chi connectivity index (χ3n) is 2.78. The molecule has 0 aliphatic rings. The Balaban J connectivity index is 2.43. The standard InChI is InChI=1S/C13H14BrNS/c1-8-5-3-4-6-10(8)13(15)11-7-12(14)16-9(11)2/h3-7,13H,15H2,1-2H3. The van der Waals surface area contributed by atoms with Gasteiger partial charge in [0.05, 0.1) is 9.83 Å². The first kappa shape index (κ1) is 11.8. The Labute approximate surface area is 108 Å². The molecule has 2 N–H and O–H groups in total. The molecule has 1 heterocycles. The van der Waals surface area contributed by atoms with Crippen molar-refractivity contribution in [2.45, 2.75) is 19.9 Å². The summed E-state index contributed by atoms with van der Waals surface area (Å²) in [4.78, 5) is 1.28. The van der Waals surface area contributed by atoms with Gasteiger partial charge in [0.15, 0.2) is 0 Å². The van der Waals surface area contributed by atoms with Crippen molar-refractivity contribution in [1.82, 2.24) is 0 Å². The minimum atomic E-state index is -0.0243. The van der Waals surface area contributed by atoms with Gasteiger partial charge in [-0.15, -0.1) is 11.3 Å². The molecule has 1 unspecified atom stereocenters. The third-order valence-corrected chi connectivity index (χ3v) is 4.35. The van der Waals surface area contributed by atoms with E-state index in [9.17, 15) is 0 Å². The third kappa shape index (κ3) is 2.21. The topological polar surface area (TPSA) is 26.0 Å². The van der Waals surface area contributed by atoms with Gasteiger partial charge in [-0.25, -0.2) is 0 Å². The summed E-state index contributed by atoms with van der Waals surface area (Å²) in [5, 5.41) is 0. The van der Waals surface area contributed by atoms with Crippen molar-refractivity contribution in [3.05, 3.63) is 55.7 Å². The number of halogens is 1. The lowest BCUT2D eigenvalue weighted by Gasteiger charge is -2.14. The van der Waals surface area contributed by atoms with Gasteiger partial charge in [-0.3, -0.25) is 0 Å². The quantitative estimate of drug-likeness (QED) is 0.884. The number of benzene rings is 1. The summed E-state index contributed by atoms with van der Waals surface area (Å²) in [7, 11) is 0. The molecule has 1 aromatic carbocycles. The molecule has 0 spiro atoms. The Morgan fingerprint density at radius 1 is 1.19 bits per heavy atom. The molecule has 0 amide bonds. The zero-order chi connectivity index (χ0) is 11.7. The zero-order valence-electron chi connectivity index (χ0n) is 9.33. The number of aryl methyl sites for hydroxylation is 2. The van der Waals surface area contributed by atoms with Crippen molar-refractivity contribution in [1.29, 1.82) is 0 Å².